The van der Waals surface area contributed by atoms with Gasteiger partial charge in [-0.3, -0.25) is 5.10 Å². The highest BCUT2D eigenvalue weighted by Gasteiger charge is 2.07. The lowest BCUT2D eigenvalue weighted by Crippen LogP contribution is -2.06. The highest BCUT2D eigenvalue weighted by atomic mass is 35.5. The van der Waals surface area contributed by atoms with Gasteiger partial charge < -0.3 is 5.32 Å². The topological polar surface area (TPSA) is 66.5 Å². The van der Waals surface area contributed by atoms with Crippen LogP contribution in [0.15, 0.2) is 18.9 Å². The van der Waals surface area contributed by atoms with Gasteiger partial charge in [0.25, 0.3) is 0 Å². The number of fused-ring (bicyclic) bond motifs is 1. The second kappa shape index (κ2) is 5.88. The number of thioether (sulfide) groups is 1. The molecule has 0 saturated carbocycles. The Morgan fingerprint density at radius 2 is 2.41 bits per heavy atom. The highest BCUT2D eigenvalue weighted by Crippen LogP contribution is 2.19. The van der Waals surface area contributed by atoms with E-state index in [1.807, 2.05) is 6.08 Å². The molecule has 0 saturated heterocycles. The molecule has 0 radical (unpaired) electrons. The first kappa shape index (κ1) is 12.2. The molecule has 17 heavy (non-hydrogen) atoms. The Hall–Kier alpha value is -1.27. The molecule has 2 N–H and O–H groups in total. The lowest BCUT2D eigenvalue weighted by molar-refractivity contribution is 1.09. The molecule has 0 aliphatic heterocycles. The zero-order chi connectivity index (χ0) is 12.1. The van der Waals surface area contributed by atoms with Crippen LogP contribution in [0.3, 0.4) is 0 Å². The van der Waals surface area contributed by atoms with Gasteiger partial charge in [-0.25, -0.2) is 0 Å². The molecule has 0 fully saturated rings. The van der Waals surface area contributed by atoms with Crippen LogP contribution < -0.4 is 5.32 Å². The monoisotopic (exact) mass is 269 g/mol. The molecule has 0 aliphatic carbocycles. The van der Waals surface area contributed by atoms with Crippen molar-refractivity contribution >= 4 is 40.2 Å². The lowest BCUT2D eigenvalue weighted by atomic mass is 10.4. The largest absolute Gasteiger partial charge is 0.368 e. The average Bonchev–Trinajstić information content (AvgIpc) is 2.76. The predicted octanol–water partition coefficient (Wildman–Crippen LogP) is 2.34. The first-order valence-corrected chi connectivity index (χ1v) is 6.63. The standard InChI is InChI=1S/C10H12ClN5S/c1-2-4-17-5-3-12-8-7-6-13-16-9(7)15-10(11)14-8/h2,6H,1,3-5H2,(H2,12,13,14,15,16). The van der Waals surface area contributed by atoms with Crippen molar-refractivity contribution in [1.29, 1.82) is 0 Å². The van der Waals surface area contributed by atoms with Gasteiger partial charge in [0.05, 0.1) is 11.6 Å². The smallest absolute Gasteiger partial charge is 0.226 e. The molecule has 0 aromatic carbocycles. The number of hydrogen-bond donors (Lipinski definition) is 2. The lowest BCUT2D eigenvalue weighted by Gasteiger charge is -2.05. The normalized spacial score (nSPS) is 10.6. The summed E-state index contributed by atoms with van der Waals surface area (Å²) >= 11 is 7.62. The van der Waals surface area contributed by atoms with Crippen LogP contribution in [-0.2, 0) is 0 Å². The number of halogens is 1. The Morgan fingerprint density at radius 1 is 1.53 bits per heavy atom. The number of hydrogen-bond acceptors (Lipinski definition) is 5. The first-order chi connectivity index (χ1) is 8.31. The summed E-state index contributed by atoms with van der Waals surface area (Å²) in [6.07, 6.45) is 3.57. The van der Waals surface area contributed by atoms with Gasteiger partial charge in [0.1, 0.15) is 5.82 Å². The van der Waals surface area contributed by atoms with Gasteiger partial charge in [0, 0.05) is 18.1 Å². The van der Waals surface area contributed by atoms with E-state index in [0.29, 0.717) is 11.5 Å². The maximum absolute atomic E-state index is 5.81. The summed E-state index contributed by atoms with van der Waals surface area (Å²) in [7, 11) is 0. The van der Waals surface area contributed by atoms with Gasteiger partial charge in [-0.1, -0.05) is 6.08 Å². The van der Waals surface area contributed by atoms with E-state index in [1.165, 1.54) is 0 Å². The van der Waals surface area contributed by atoms with Crippen LogP contribution in [-0.4, -0.2) is 38.2 Å². The van der Waals surface area contributed by atoms with E-state index in [0.717, 1.165) is 23.4 Å². The SMILES string of the molecule is C=CCSCCNc1nc(Cl)nc2[nH]ncc12. The molecule has 7 heteroatoms. The summed E-state index contributed by atoms with van der Waals surface area (Å²) in [5.74, 6) is 2.65. The maximum Gasteiger partial charge on any atom is 0.226 e. The van der Waals surface area contributed by atoms with Gasteiger partial charge in [-0.15, -0.1) is 6.58 Å². The fraction of sp³-hybridized carbons (Fsp3) is 0.300. The summed E-state index contributed by atoms with van der Waals surface area (Å²) < 4.78 is 0. The number of nitrogens with zero attached hydrogens (tertiary/aromatic N) is 3. The number of nitrogens with one attached hydrogen (secondary N) is 2. The molecule has 2 heterocycles. The van der Waals surface area contributed by atoms with Crippen LogP contribution in [0.5, 0.6) is 0 Å². The number of aromatic nitrogens is 4. The molecule has 90 valence electrons. The zero-order valence-electron chi connectivity index (χ0n) is 9.11. The van der Waals surface area contributed by atoms with E-state index in [2.05, 4.69) is 32.1 Å². The van der Waals surface area contributed by atoms with Crippen molar-refractivity contribution in [1.82, 2.24) is 20.2 Å². The molecule has 0 amide bonds. The molecular weight excluding hydrogens is 258 g/mol. The molecule has 0 aliphatic rings. The van der Waals surface area contributed by atoms with Gasteiger partial charge in [-0.05, 0) is 11.6 Å². The van der Waals surface area contributed by atoms with Crippen LogP contribution in [0.25, 0.3) is 11.0 Å². The molecule has 5 nitrogen and oxygen atoms in total. The quantitative estimate of drug-likeness (QED) is 0.479. The minimum Gasteiger partial charge on any atom is -0.368 e. The van der Waals surface area contributed by atoms with Gasteiger partial charge >= 0.3 is 0 Å². The molecule has 2 rings (SSSR count). The van der Waals surface area contributed by atoms with Crippen LogP contribution in [0.1, 0.15) is 0 Å². The molecule has 0 bridgehead atoms. The molecule has 2 aromatic rings. The number of anilines is 1. The van der Waals surface area contributed by atoms with E-state index in [1.54, 1.807) is 18.0 Å². The van der Waals surface area contributed by atoms with Crippen molar-refractivity contribution in [3.05, 3.63) is 24.1 Å². The third kappa shape index (κ3) is 3.10. The number of rotatable bonds is 6. The van der Waals surface area contributed by atoms with Crippen molar-refractivity contribution in [2.75, 3.05) is 23.4 Å². The molecule has 0 unspecified atom stereocenters. The fourth-order valence-electron chi connectivity index (χ4n) is 1.35. The van der Waals surface area contributed by atoms with Crippen LogP contribution in [0.4, 0.5) is 5.82 Å². The van der Waals surface area contributed by atoms with Crippen LogP contribution in [0, 0.1) is 0 Å². The predicted molar refractivity (Wildman–Crippen MR) is 72.7 cm³/mol. The average molecular weight is 270 g/mol. The van der Waals surface area contributed by atoms with Crippen LogP contribution >= 0.6 is 23.4 Å². The van der Waals surface area contributed by atoms with E-state index in [4.69, 9.17) is 11.6 Å². The Labute approximate surface area is 108 Å². The molecule has 2 aromatic heterocycles. The molecule has 0 atom stereocenters. The number of aromatic amines is 1. The van der Waals surface area contributed by atoms with E-state index in [-0.39, 0.29) is 5.28 Å². The summed E-state index contributed by atoms with van der Waals surface area (Å²) in [5.41, 5.74) is 0.645. The van der Waals surface area contributed by atoms with E-state index in [9.17, 15) is 0 Å². The van der Waals surface area contributed by atoms with Gasteiger partial charge in [-0.2, -0.15) is 26.8 Å². The Balaban J connectivity index is 2.02. The fourth-order valence-corrected chi connectivity index (χ4v) is 2.10. The summed E-state index contributed by atoms with van der Waals surface area (Å²) in [6, 6.07) is 0. The van der Waals surface area contributed by atoms with Crippen LogP contribution in [0.2, 0.25) is 5.28 Å². The summed E-state index contributed by atoms with van der Waals surface area (Å²) in [6.45, 7) is 4.48. The van der Waals surface area contributed by atoms with Crippen molar-refractivity contribution in [3.8, 4) is 0 Å². The Bertz CT molecular complexity index is 512. The Kier molecular flexibility index (Phi) is 4.22. The molecule has 0 spiro atoms. The summed E-state index contributed by atoms with van der Waals surface area (Å²) in [5, 5.41) is 11.0. The molecular formula is C10H12ClN5S. The maximum atomic E-state index is 5.81. The van der Waals surface area contributed by atoms with E-state index < -0.39 is 0 Å². The van der Waals surface area contributed by atoms with Crippen molar-refractivity contribution in [2.45, 2.75) is 0 Å². The van der Waals surface area contributed by atoms with E-state index >= 15 is 0 Å². The minimum absolute atomic E-state index is 0.211. The number of H-pyrrole nitrogens is 1. The third-order valence-electron chi connectivity index (χ3n) is 2.06. The summed E-state index contributed by atoms with van der Waals surface area (Å²) in [4.78, 5) is 8.18. The Morgan fingerprint density at radius 3 is 3.24 bits per heavy atom. The second-order valence-corrected chi connectivity index (χ2v) is 4.75. The third-order valence-corrected chi connectivity index (χ3v) is 3.19. The van der Waals surface area contributed by atoms with Crippen molar-refractivity contribution in [2.24, 2.45) is 0 Å². The minimum atomic E-state index is 0.211. The van der Waals surface area contributed by atoms with Gasteiger partial charge in [0.2, 0.25) is 5.28 Å². The van der Waals surface area contributed by atoms with Crippen molar-refractivity contribution < 1.29 is 0 Å². The first-order valence-electron chi connectivity index (χ1n) is 5.10. The van der Waals surface area contributed by atoms with Crippen molar-refractivity contribution in [3.63, 3.8) is 0 Å². The highest BCUT2D eigenvalue weighted by molar-refractivity contribution is 7.99. The van der Waals surface area contributed by atoms with Gasteiger partial charge in [0.15, 0.2) is 5.65 Å². The zero-order valence-corrected chi connectivity index (χ0v) is 10.7. The second-order valence-electron chi connectivity index (χ2n) is 3.26.